The van der Waals surface area contributed by atoms with Crippen molar-refractivity contribution in [3.63, 3.8) is 0 Å². The minimum atomic E-state index is -3.51. The van der Waals surface area contributed by atoms with E-state index in [1.165, 1.54) is 23.3 Å². The van der Waals surface area contributed by atoms with E-state index in [4.69, 9.17) is 0 Å². The van der Waals surface area contributed by atoms with E-state index in [2.05, 4.69) is 47.0 Å². The van der Waals surface area contributed by atoms with Gasteiger partial charge >= 0.3 is 0 Å². The lowest BCUT2D eigenvalue weighted by molar-refractivity contribution is 0.518. The van der Waals surface area contributed by atoms with Crippen LogP contribution in [-0.2, 0) is 22.0 Å². The van der Waals surface area contributed by atoms with Crippen LogP contribution in [-0.4, -0.2) is 45.9 Å². The second kappa shape index (κ2) is 9.54. The Kier molecular flexibility index (Phi) is 7.63. The number of rotatable bonds is 8. The highest BCUT2D eigenvalue weighted by Crippen LogP contribution is 2.26. The van der Waals surface area contributed by atoms with Gasteiger partial charge in [0, 0.05) is 37.5 Å². The van der Waals surface area contributed by atoms with E-state index in [9.17, 15) is 8.42 Å². The van der Waals surface area contributed by atoms with E-state index in [-0.39, 0.29) is 12.0 Å². The Bertz CT molecular complexity index is 889. The molecule has 1 aromatic carbocycles. The van der Waals surface area contributed by atoms with Crippen LogP contribution in [0.1, 0.15) is 31.2 Å². The number of hydrogen-bond donors (Lipinski definition) is 2. The molecule has 0 saturated heterocycles. The standard InChI is InChI=1S/C20H30N4O2S2/c1-6-21-19(23-15-20(2,3)18-12-9-13-27-18)22-14-16-10-7-8-11-17(16)28(25,26)24(4)5/h7-13H,6,14-15H2,1-5H3,(H2,21,22,23). The highest BCUT2D eigenvalue weighted by Gasteiger charge is 2.23. The van der Waals surface area contributed by atoms with E-state index in [1.54, 1.807) is 29.5 Å². The van der Waals surface area contributed by atoms with Crippen molar-refractivity contribution in [1.29, 1.82) is 0 Å². The summed E-state index contributed by atoms with van der Waals surface area (Å²) in [6, 6.07) is 11.2. The molecule has 0 aliphatic heterocycles. The van der Waals surface area contributed by atoms with Gasteiger partial charge in [0.25, 0.3) is 0 Å². The van der Waals surface area contributed by atoms with Crippen LogP contribution < -0.4 is 10.6 Å². The van der Waals surface area contributed by atoms with Crippen molar-refractivity contribution in [3.8, 4) is 0 Å². The van der Waals surface area contributed by atoms with Crippen LogP contribution in [0.15, 0.2) is 51.7 Å². The third-order valence-electron chi connectivity index (χ3n) is 4.37. The maximum atomic E-state index is 12.6. The summed E-state index contributed by atoms with van der Waals surface area (Å²) in [7, 11) is -0.437. The molecule has 8 heteroatoms. The molecule has 0 amide bonds. The van der Waals surface area contributed by atoms with Crippen molar-refractivity contribution >= 4 is 27.3 Å². The van der Waals surface area contributed by atoms with Gasteiger partial charge in [0.05, 0.1) is 11.4 Å². The van der Waals surface area contributed by atoms with Crippen LogP contribution >= 0.6 is 11.3 Å². The highest BCUT2D eigenvalue weighted by atomic mass is 32.2. The molecule has 1 heterocycles. The molecule has 2 rings (SSSR count). The van der Waals surface area contributed by atoms with Crippen LogP contribution in [0, 0.1) is 0 Å². The van der Waals surface area contributed by atoms with Gasteiger partial charge in [0.2, 0.25) is 10.0 Å². The van der Waals surface area contributed by atoms with Crippen molar-refractivity contribution in [3.05, 3.63) is 52.2 Å². The molecule has 0 fully saturated rings. The molecule has 0 unspecified atom stereocenters. The predicted molar refractivity (Wildman–Crippen MR) is 117 cm³/mol. The van der Waals surface area contributed by atoms with Gasteiger partial charge in [-0.25, -0.2) is 17.7 Å². The quantitative estimate of drug-likeness (QED) is 0.507. The Morgan fingerprint density at radius 2 is 1.86 bits per heavy atom. The molecule has 0 atom stereocenters. The number of nitrogens with zero attached hydrogens (tertiary/aromatic N) is 2. The van der Waals surface area contributed by atoms with Crippen LogP contribution in [0.5, 0.6) is 0 Å². The Hall–Kier alpha value is -1.90. The second-order valence-corrected chi connectivity index (χ2v) is 10.4. The summed E-state index contributed by atoms with van der Waals surface area (Å²) in [4.78, 5) is 6.21. The zero-order chi connectivity index (χ0) is 20.8. The number of aliphatic imine (C=N–C) groups is 1. The summed E-state index contributed by atoms with van der Waals surface area (Å²) in [6.45, 7) is 8.10. The SMILES string of the molecule is CCNC(=NCc1ccccc1S(=O)(=O)N(C)C)NCC(C)(C)c1cccs1. The number of guanidine groups is 1. The molecule has 0 radical (unpaired) electrons. The molecule has 0 bridgehead atoms. The molecule has 0 aliphatic rings. The van der Waals surface area contributed by atoms with Gasteiger partial charge in [-0.3, -0.25) is 0 Å². The molecular weight excluding hydrogens is 392 g/mol. The Labute approximate surface area is 172 Å². The lowest BCUT2D eigenvalue weighted by Gasteiger charge is -2.25. The molecule has 6 nitrogen and oxygen atoms in total. The van der Waals surface area contributed by atoms with Crippen LogP contribution in [0.4, 0.5) is 0 Å². The molecular formula is C20H30N4O2S2. The molecule has 0 saturated carbocycles. The van der Waals surface area contributed by atoms with Gasteiger partial charge < -0.3 is 10.6 Å². The predicted octanol–water partition coefficient (Wildman–Crippen LogP) is 3.03. The van der Waals surface area contributed by atoms with Crippen LogP contribution in [0.25, 0.3) is 0 Å². The molecule has 2 aromatic rings. The van der Waals surface area contributed by atoms with Crippen molar-refractivity contribution < 1.29 is 8.42 Å². The van der Waals surface area contributed by atoms with E-state index in [0.717, 1.165) is 13.1 Å². The first-order chi connectivity index (χ1) is 13.2. The lowest BCUT2D eigenvalue weighted by Crippen LogP contribution is -2.43. The summed E-state index contributed by atoms with van der Waals surface area (Å²) < 4.78 is 26.3. The second-order valence-electron chi connectivity index (χ2n) is 7.31. The summed E-state index contributed by atoms with van der Waals surface area (Å²) >= 11 is 1.74. The molecule has 2 N–H and O–H groups in total. The van der Waals surface area contributed by atoms with Crippen molar-refractivity contribution in [1.82, 2.24) is 14.9 Å². The summed E-state index contributed by atoms with van der Waals surface area (Å²) in [5.74, 6) is 0.671. The van der Waals surface area contributed by atoms with Crippen LogP contribution in [0.3, 0.4) is 0 Å². The lowest BCUT2D eigenvalue weighted by atomic mass is 9.91. The first kappa shape index (κ1) is 22.4. The normalized spacial score (nSPS) is 13.0. The molecule has 0 aliphatic carbocycles. The van der Waals surface area contributed by atoms with E-state index in [1.807, 2.05) is 13.0 Å². The third kappa shape index (κ3) is 5.56. The van der Waals surface area contributed by atoms with Crippen LogP contribution in [0.2, 0.25) is 0 Å². The van der Waals surface area contributed by atoms with Gasteiger partial charge in [0.15, 0.2) is 5.96 Å². The van der Waals surface area contributed by atoms with Gasteiger partial charge in [0.1, 0.15) is 0 Å². The van der Waals surface area contributed by atoms with Gasteiger partial charge in [-0.2, -0.15) is 0 Å². The maximum absolute atomic E-state index is 12.6. The minimum Gasteiger partial charge on any atom is -0.357 e. The number of thiophene rings is 1. The molecule has 154 valence electrons. The zero-order valence-electron chi connectivity index (χ0n) is 17.2. The average Bonchev–Trinajstić information content (AvgIpc) is 3.20. The molecule has 28 heavy (non-hydrogen) atoms. The van der Waals surface area contributed by atoms with Crippen molar-refractivity contribution in [2.75, 3.05) is 27.2 Å². The maximum Gasteiger partial charge on any atom is 0.242 e. The topological polar surface area (TPSA) is 73.8 Å². The zero-order valence-corrected chi connectivity index (χ0v) is 18.8. The summed E-state index contributed by atoms with van der Waals surface area (Å²) in [5, 5.41) is 8.70. The monoisotopic (exact) mass is 422 g/mol. The highest BCUT2D eigenvalue weighted by molar-refractivity contribution is 7.89. The smallest absolute Gasteiger partial charge is 0.242 e. The van der Waals surface area contributed by atoms with E-state index < -0.39 is 10.0 Å². The fraction of sp³-hybridized carbons (Fsp3) is 0.450. The number of nitrogens with one attached hydrogen (secondary N) is 2. The summed E-state index contributed by atoms with van der Waals surface area (Å²) in [5.41, 5.74) is 0.641. The molecule has 1 aromatic heterocycles. The third-order valence-corrected chi connectivity index (χ3v) is 7.52. The summed E-state index contributed by atoms with van der Waals surface area (Å²) in [6.07, 6.45) is 0. The largest absolute Gasteiger partial charge is 0.357 e. The fourth-order valence-electron chi connectivity index (χ4n) is 2.64. The Morgan fingerprint density at radius 1 is 1.14 bits per heavy atom. The molecule has 0 spiro atoms. The first-order valence-electron chi connectivity index (χ1n) is 9.25. The van der Waals surface area contributed by atoms with Gasteiger partial charge in [-0.05, 0) is 30.0 Å². The van der Waals surface area contributed by atoms with Gasteiger partial charge in [-0.1, -0.05) is 38.1 Å². The van der Waals surface area contributed by atoms with E-state index in [0.29, 0.717) is 16.4 Å². The average molecular weight is 423 g/mol. The van der Waals surface area contributed by atoms with Crippen molar-refractivity contribution in [2.24, 2.45) is 4.99 Å². The Morgan fingerprint density at radius 3 is 2.46 bits per heavy atom. The van der Waals surface area contributed by atoms with E-state index >= 15 is 0 Å². The first-order valence-corrected chi connectivity index (χ1v) is 11.6. The van der Waals surface area contributed by atoms with Crippen molar-refractivity contribution in [2.45, 2.75) is 37.6 Å². The Balaban J connectivity index is 2.18. The number of benzene rings is 1. The fourth-order valence-corrected chi connectivity index (χ4v) is 4.60. The van der Waals surface area contributed by atoms with Gasteiger partial charge in [-0.15, -0.1) is 11.3 Å². The number of hydrogen-bond acceptors (Lipinski definition) is 4. The minimum absolute atomic E-state index is 0.0312. The number of sulfonamides is 1.